The van der Waals surface area contributed by atoms with Gasteiger partial charge in [0.05, 0.1) is 0 Å². The first-order chi connectivity index (χ1) is 4.16. The van der Waals surface area contributed by atoms with Crippen LogP contribution >= 0.6 is 0 Å². The molecule has 9 heavy (non-hydrogen) atoms. The number of ketones is 1. The van der Waals surface area contributed by atoms with Crippen LogP contribution in [0.3, 0.4) is 0 Å². The lowest BCUT2D eigenvalue weighted by atomic mass is 10.0. The molecule has 0 saturated carbocycles. The maximum atomic E-state index is 10.4. The molecule has 0 aromatic rings. The van der Waals surface area contributed by atoms with Crippen molar-refractivity contribution >= 4 is 12.1 Å². The molecule has 0 aliphatic carbocycles. The Balaban J connectivity index is 3.37. The van der Waals surface area contributed by atoms with Crippen molar-refractivity contribution in [3.8, 4) is 0 Å². The predicted octanol–water partition coefficient (Wildman–Crippen LogP) is 1.19. The van der Waals surface area contributed by atoms with Gasteiger partial charge in [0, 0.05) is 12.8 Å². The average Bonchev–Trinajstić information content (AvgIpc) is 1.63. The van der Waals surface area contributed by atoms with Crippen LogP contribution in [0.1, 0.15) is 26.7 Å². The summed E-state index contributed by atoms with van der Waals surface area (Å²) < 4.78 is 0. The molecule has 0 rings (SSSR count). The number of hydrogen-bond donors (Lipinski definition) is 0. The summed E-state index contributed by atoms with van der Waals surface area (Å²) in [5, 5.41) is 0. The van der Waals surface area contributed by atoms with Gasteiger partial charge in [0.2, 0.25) is 0 Å². The summed E-state index contributed by atoms with van der Waals surface area (Å²) in [5.41, 5.74) is 0. The first-order valence-electron chi connectivity index (χ1n) is 3.10. The van der Waals surface area contributed by atoms with Gasteiger partial charge in [-0.05, 0) is 12.8 Å². The van der Waals surface area contributed by atoms with Crippen molar-refractivity contribution < 1.29 is 9.59 Å². The third-order valence-electron chi connectivity index (χ3n) is 1.13. The summed E-state index contributed by atoms with van der Waals surface area (Å²) in [7, 11) is 0. The Morgan fingerprint density at radius 2 is 2.22 bits per heavy atom. The van der Waals surface area contributed by atoms with E-state index in [4.69, 9.17) is 0 Å². The molecule has 52 valence electrons. The van der Waals surface area contributed by atoms with Gasteiger partial charge in [-0.2, -0.15) is 0 Å². The highest BCUT2D eigenvalue weighted by molar-refractivity contribution is 5.76. The van der Waals surface area contributed by atoms with Crippen LogP contribution in [0.15, 0.2) is 0 Å². The van der Waals surface area contributed by atoms with E-state index in [0.717, 1.165) is 6.29 Å². The van der Waals surface area contributed by atoms with Crippen LogP contribution in [0.4, 0.5) is 0 Å². The van der Waals surface area contributed by atoms with E-state index in [1.807, 2.05) is 6.92 Å². The fourth-order valence-corrected chi connectivity index (χ4v) is 0.738. The van der Waals surface area contributed by atoms with Gasteiger partial charge in [-0.1, -0.05) is 6.92 Å². The minimum atomic E-state index is 0.157. The minimum absolute atomic E-state index is 0.157. The lowest BCUT2D eigenvalue weighted by Gasteiger charge is -2.01. The predicted molar refractivity (Wildman–Crippen MR) is 35.1 cm³/mol. The summed E-state index contributed by atoms with van der Waals surface area (Å²) >= 11 is 0. The van der Waals surface area contributed by atoms with Gasteiger partial charge in [-0.3, -0.25) is 0 Å². The van der Waals surface area contributed by atoms with Gasteiger partial charge in [-0.15, -0.1) is 0 Å². The van der Waals surface area contributed by atoms with Gasteiger partial charge < -0.3 is 9.59 Å². The Morgan fingerprint density at radius 1 is 1.67 bits per heavy atom. The largest absolute Gasteiger partial charge is 0.303 e. The number of carbonyl (C=O) groups is 2. The zero-order chi connectivity index (χ0) is 7.28. The molecule has 0 saturated heterocycles. The highest BCUT2D eigenvalue weighted by Gasteiger charge is 2.02. The second-order valence-electron chi connectivity index (χ2n) is 2.41. The summed E-state index contributed by atoms with van der Waals surface area (Å²) in [5.74, 6) is 0.379. The molecule has 0 amide bonds. The summed E-state index contributed by atoms with van der Waals surface area (Å²) in [6.45, 7) is 3.44. The molecule has 0 aromatic heterocycles. The molecular weight excluding hydrogens is 116 g/mol. The molecule has 1 atom stereocenters. The van der Waals surface area contributed by atoms with Crippen LogP contribution in [0.25, 0.3) is 0 Å². The second-order valence-corrected chi connectivity index (χ2v) is 2.41. The Bertz CT molecular complexity index is 107. The number of hydrogen-bond acceptors (Lipinski definition) is 2. The van der Waals surface area contributed by atoms with Crippen molar-refractivity contribution in [2.24, 2.45) is 5.92 Å². The van der Waals surface area contributed by atoms with Crippen LogP contribution in [0.5, 0.6) is 0 Å². The van der Waals surface area contributed by atoms with Crippen LogP contribution in [0.2, 0.25) is 0 Å². The molecule has 0 heterocycles. The zero-order valence-electron chi connectivity index (χ0n) is 5.89. The van der Waals surface area contributed by atoms with Crippen molar-refractivity contribution in [3.05, 3.63) is 0 Å². The van der Waals surface area contributed by atoms with Crippen molar-refractivity contribution in [1.82, 2.24) is 0 Å². The first-order valence-corrected chi connectivity index (χ1v) is 3.10. The molecule has 2 heteroatoms. The maximum absolute atomic E-state index is 10.4. The van der Waals surface area contributed by atoms with E-state index in [9.17, 15) is 9.59 Å². The highest BCUT2D eigenvalue weighted by atomic mass is 16.1. The molecule has 0 N–H and O–H groups in total. The summed E-state index contributed by atoms with van der Waals surface area (Å²) in [6, 6.07) is 0. The summed E-state index contributed by atoms with van der Waals surface area (Å²) in [4.78, 5) is 20.3. The molecule has 0 aliphatic heterocycles. The first kappa shape index (κ1) is 8.34. The van der Waals surface area contributed by atoms with E-state index in [-0.39, 0.29) is 11.7 Å². The quantitative estimate of drug-likeness (QED) is 0.533. The van der Waals surface area contributed by atoms with E-state index in [1.165, 1.54) is 0 Å². The van der Waals surface area contributed by atoms with Crippen LogP contribution in [-0.2, 0) is 9.59 Å². The van der Waals surface area contributed by atoms with E-state index in [0.29, 0.717) is 12.8 Å². The third-order valence-corrected chi connectivity index (χ3v) is 1.13. The molecule has 0 fully saturated rings. The normalized spacial score (nSPS) is 12.7. The molecular formula is C7H12O2. The van der Waals surface area contributed by atoms with Gasteiger partial charge in [0.15, 0.2) is 0 Å². The fourth-order valence-electron chi connectivity index (χ4n) is 0.738. The number of carbonyl (C=O) groups excluding carboxylic acids is 2. The van der Waals surface area contributed by atoms with E-state index in [1.54, 1.807) is 6.92 Å². The van der Waals surface area contributed by atoms with E-state index in [2.05, 4.69) is 0 Å². The molecule has 0 aromatic carbocycles. The van der Waals surface area contributed by atoms with Crippen LogP contribution in [-0.4, -0.2) is 12.1 Å². The number of aldehydes is 1. The number of Topliss-reactive ketones (excluding diaryl/α,β-unsaturated/α-hetero) is 1. The van der Waals surface area contributed by atoms with Crippen molar-refractivity contribution in [1.29, 1.82) is 0 Å². The standard InChI is InChI=1S/C7H12O2/c1-6(3-4-8)5-7(2)9/h4,6H,3,5H2,1-2H3/t6-/m1/s1. The fraction of sp³-hybridized carbons (Fsp3) is 0.714. The smallest absolute Gasteiger partial charge is 0.130 e. The lowest BCUT2D eigenvalue weighted by molar-refractivity contribution is -0.118. The van der Waals surface area contributed by atoms with Gasteiger partial charge in [-0.25, -0.2) is 0 Å². The molecule has 2 nitrogen and oxygen atoms in total. The molecule has 0 aliphatic rings. The van der Waals surface area contributed by atoms with Gasteiger partial charge in [0.1, 0.15) is 12.1 Å². The van der Waals surface area contributed by atoms with Gasteiger partial charge in [0.25, 0.3) is 0 Å². The summed E-state index contributed by atoms with van der Waals surface area (Å²) in [6.07, 6.45) is 1.88. The average molecular weight is 128 g/mol. The van der Waals surface area contributed by atoms with E-state index >= 15 is 0 Å². The second kappa shape index (κ2) is 4.24. The maximum Gasteiger partial charge on any atom is 0.130 e. The molecule has 0 bridgehead atoms. The molecule has 0 radical (unpaired) electrons. The third kappa shape index (κ3) is 5.21. The number of rotatable bonds is 4. The molecule has 0 unspecified atom stereocenters. The van der Waals surface area contributed by atoms with Crippen molar-refractivity contribution in [2.75, 3.05) is 0 Å². The van der Waals surface area contributed by atoms with Crippen molar-refractivity contribution in [3.63, 3.8) is 0 Å². The monoisotopic (exact) mass is 128 g/mol. The Hall–Kier alpha value is -0.660. The lowest BCUT2D eigenvalue weighted by Crippen LogP contribution is -2.01. The van der Waals surface area contributed by atoms with Crippen molar-refractivity contribution in [2.45, 2.75) is 26.7 Å². The SMILES string of the molecule is CC(=O)C[C@H](C)CC=O. The Morgan fingerprint density at radius 3 is 2.56 bits per heavy atom. The Kier molecular flexibility index (Phi) is 3.93. The zero-order valence-corrected chi connectivity index (χ0v) is 5.89. The highest BCUT2D eigenvalue weighted by Crippen LogP contribution is 2.04. The van der Waals surface area contributed by atoms with Gasteiger partial charge >= 0.3 is 0 Å². The molecule has 0 spiro atoms. The topological polar surface area (TPSA) is 34.1 Å². The minimum Gasteiger partial charge on any atom is -0.303 e. The van der Waals surface area contributed by atoms with Crippen LogP contribution in [0, 0.1) is 5.92 Å². The van der Waals surface area contributed by atoms with E-state index < -0.39 is 0 Å². The Labute approximate surface area is 55.3 Å². The van der Waals surface area contributed by atoms with Crippen LogP contribution < -0.4 is 0 Å².